The molecule has 0 bridgehead atoms. The summed E-state index contributed by atoms with van der Waals surface area (Å²) in [6.45, 7) is 4.31. The summed E-state index contributed by atoms with van der Waals surface area (Å²) in [6, 6.07) is 13.4. The first-order valence-corrected chi connectivity index (χ1v) is 11.5. The number of nitrogens with two attached hydrogens (primary N) is 1. The van der Waals surface area contributed by atoms with Gasteiger partial charge in [-0.15, -0.1) is 12.4 Å². The van der Waals surface area contributed by atoms with E-state index in [1.165, 1.54) is 36.0 Å². The van der Waals surface area contributed by atoms with E-state index in [9.17, 15) is 0 Å². The SMILES string of the molecule is CCCC[C@@H]1CN2C[C@H](c3ccc(OC)cc3)c3cc(OC)c(OC)cc3[C@H]2C[C@@H]1N.Cl. The molecule has 0 amide bonds. The van der Waals surface area contributed by atoms with Gasteiger partial charge in [-0.25, -0.2) is 0 Å². The number of methoxy groups -OCH3 is 3. The van der Waals surface area contributed by atoms with Crippen molar-refractivity contribution in [1.29, 1.82) is 0 Å². The second kappa shape index (κ2) is 10.8. The fourth-order valence-electron chi connectivity index (χ4n) is 5.42. The van der Waals surface area contributed by atoms with E-state index in [0.717, 1.165) is 36.8 Å². The predicted octanol–water partition coefficient (Wildman–Crippen LogP) is 5.16. The van der Waals surface area contributed by atoms with Gasteiger partial charge >= 0.3 is 0 Å². The van der Waals surface area contributed by atoms with Crippen LogP contribution in [0.2, 0.25) is 0 Å². The van der Waals surface area contributed by atoms with Crippen LogP contribution >= 0.6 is 12.4 Å². The lowest BCUT2D eigenvalue weighted by Gasteiger charge is -2.48. The zero-order valence-corrected chi connectivity index (χ0v) is 20.5. The summed E-state index contributed by atoms with van der Waals surface area (Å²) in [4.78, 5) is 2.66. The van der Waals surface area contributed by atoms with Gasteiger partial charge in [0.2, 0.25) is 0 Å². The first-order valence-electron chi connectivity index (χ1n) is 11.5. The molecule has 0 saturated carbocycles. The van der Waals surface area contributed by atoms with E-state index in [4.69, 9.17) is 19.9 Å². The Hall–Kier alpha value is -1.95. The fourth-order valence-corrected chi connectivity index (χ4v) is 5.42. The van der Waals surface area contributed by atoms with E-state index in [1.54, 1.807) is 21.3 Å². The smallest absolute Gasteiger partial charge is 0.161 e. The maximum absolute atomic E-state index is 6.69. The molecule has 0 aliphatic carbocycles. The Labute approximate surface area is 198 Å². The highest BCUT2D eigenvalue weighted by Gasteiger charge is 2.41. The Morgan fingerprint density at radius 2 is 1.59 bits per heavy atom. The molecule has 0 radical (unpaired) electrons. The van der Waals surface area contributed by atoms with Crippen LogP contribution in [0.25, 0.3) is 0 Å². The quantitative estimate of drug-likeness (QED) is 0.618. The Balaban J connectivity index is 0.00000289. The van der Waals surface area contributed by atoms with E-state index in [2.05, 4.69) is 48.2 Å². The summed E-state index contributed by atoms with van der Waals surface area (Å²) in [5.74, 6) is 3.30. The van der Waals surface area contributed by atoms with E-state index < -0.39 is 0 Å². The van der Waals surface area contributed by atoms with Gasteiger partial charge < -0.3 is 19.9 Å². The van der Waals surface area contributed by atoms with Crippen molar-refractivity contribution in [3.05, 3.63) is 53.1 Å². The monoisotopic (exact) mass is 460 g/mol. The lowest BCUT2D eigenvalue weighted by atomic mass is 9.75. The Bertz CT molecular complexity index is 889. The van der Waals surface area contributed by atoms with Gasteiger partial charge in [0.15, 0.2) is 11.5 Å². The summed E-state index contributed by atoms with van der Waals surface area (Å²) in [5.41, 5.74) is 10.6. The Kier molecular flexibility index (Phi) is 8.32. The minimum atomic E-state index is 0. The molecule has 2 aromatic carbocycles. The summed E-state index contributed by atoms with van der Waals surface area (Å²) in [7, 11) is 5.12. The Morgan fingerprint density at radius 1 is 0.938 bits per heavy atom. The number of unbranched alkanes of at least 4 members (excludes halogenated alkanes) is 1. The van der Waals surface area contributed by atoms with E-state index in [-0.39, 0.29) is 24.4 Å². The van der Waals surface area contributed by atoms with Crippen LogP contribution in [0.4, 0.5) is 0 Å². The minimum absolute atomic E-state index is 0. The molecule has 32 heavy (non-hydrogen) atoms. The van der Waals surface area contributed by atoms with Crippen LogP contribution in [0.3, 0.4) is 0 Å². The summed E-state index contributed by atoms with van der Waals surface area (Å²) < 4.78 is 16.7. The molecule has 0 spiro atoms. The predicted molar refractivity (Wildman–Crippen MR) is 132 cm³/mol. The number of ether oxygens (including phenoxy) is 3. The van der Waals surface area contributed by atoms with E-state index >= 15 is 0 Å². The average Bonchev–Trinajstić information content (AvgIpc) is 2.81. The third-order valence-corrected chi connectivity index (χ3v) is 7.20. The first-order chi connectivity index (χ1) is 15.1. The number of rotatable bonds is 7. The number of halogens is 1. The normalized spacial score (nSPS) is 24.7. The number of fused-ring (bicyclic) bond motifs is 3. The van der Waals surface area contributed by atoms with Gasteiger partial charge in [-0.3, -0.25) is 4.90 Å². The van der Waals surface area contributed by atoms with Crippen molar-refractivity contribution in [2.75, 3.05) is 34.4 Å². The molecule has 0 aromatic heterocycles. The molecule has 5 nitrogen and oxygen atoms in total. The van der Waals surface area contributed by atoms with Crippen LogP contribution in [0.1, 0.15) is 61.3 Å². The second-order valence-electron chi connectivity index (χ2n) is 8.93. The third kappa shape index (κ3) is 4.70. The number of nitrogens with zero attached hydrogens (tertiary/aromatic N) is 1. The van der Waals surface area contributed by atoms with Crippen molar-refractivity contribution in [3.63, 3.8) is 0 Å². The molecule has 0 unspecified atom stereocenters. The number of piperidine rings is 1. The van der Waals surface area contributed by atoms with Gasteiger partial charge in [0.05, 0.1) is 21.3 Å². The molecule has 1 fully saturated rings. The highest BCUT2D eigenvalue weighted by Crippen LogP contribution is 2.48. The van der Waals surface area contributed by atoms with Crippen molar-refractivity contribution >= 4 is 12.4 Å². The van der Waals surface area contributed by atoms with Crippen molar-refractivity contribution in [2.45, 2.75) is 50.6 Å². The molecule has 2 heterocycles. The van der Waals surface area contributed by atoms with E-state index in [1.807, 2.05) is 0 Å². The zero-order valence-electron chi connectivity index (χ0n) is 19.7. The lowest BCUT2D eigenvalue weighted by molar-refractivity contribution is 0.0728. The van der Waals surface area contributed by atoms with Crippen LogP contribution < -0.4 is 19.9 Å². The van der Waals surface area contributed by atoms with Crippen LogP contribution in [0.15, 0.2) is 36.4 Å². The van der Waals surface area contributed by atoms with Gasteiger partial charge in [0, 0.05) is 31.1 Å². The molecule has 2 aliphatic rings. The Morgan fingerprint density at radius 3 is 2.19 bits per heavy atom. The van der Waals surface area contributed by atoms with Crippen LogP contribution in [-0.2, 0) is 0 Å². The molecule has 1 saturated heterocycles. The highest BCUT2D eigenvalue weighted by molar-refractivity contribution is 5.85. The number of hydrogen-bond acceptors (Lipinski definition) is 5. The maximum atomic E-state index is 6.69. The minimum Gasteiger partial charge on any atom is -0.497 e. The van der Waals surface area contributed by atoms with Gasteiger partial charge in [-0.2, -0.15) is 0 Å². The summed E-state index contributed by atoms with van der Waals surface area (Å²) in [6.07, 6.45) is 4.68. The van der Waals surface area contributed by atoms with Crippen LogP contribution in [0, 0.1) is 5.92 Å². The van der Waals surface area contributed by atoms with Gasteiger partial charge in [-0.05, 0) is 59.7 Å². The molecule has 6 heteroatoms. The first kappa shape index (κ1) is 24.7. The molecular formula is C26H37ClN2O3. The topological polar surface area (TPSA) is 57.0 Å². The molecule has 2 aromatic rings. The van der Waals surface area contributed by atoms with Crippen molar-refractivity contribution < 1.29 is 14.2 Å². The van der Waals surface area contributed by atoms with Gasteiger partial charge in [0.25, 0.3) is 0 Å². The van der Waals surface area contributed by atoms with Crippen molar-refractivity contribution in [3.8, 4) is 17.2 Å². The van der Waals surface area contributed by atoms with E-state index in [0.29, 0.717) is 12.0 Å². The summed E-state index contributed by atoms with van der Waals surface area (Å²) in [5, 5.41) is 0. The number of hydrogen-bond donors (Lipinski definition) is 1. The van der Waals surface area contributed by atoms with Crippen LogP contribution in [0.5, 0.6) is 17.2 Å². The second-order valence-corrected chi connectivity index (χ2v) is 8.93. The van der Waals surface area contributed by atoms with Crippen molar-refractivity contribution in [2.24, 2.45) is 11.7 Å². The molecule has 2 N–H and O–H groups in total. The van der Waals surface area contributed by atoms with Crippen LogP contribution in [-0.4, -0.2) is 45.4 Å². The maximum Gasteiger partial charge on any atom is 0.161 e. The molecule has 4 atom stereocenters. The van der Waals surface area contributed by atoms with Gasteiger partial charge in [-0.1, -0.05) is 31.9 Å². The standard InChI is InChI=1S/C26H36N2O3.ClH/c1-5-6-7-18-15-28-16-22(17-8-10-19(29-2)11-9-17)20-12-25(30-3)26(31-4)13-21(20)24(28)14-23(18)27;/h8-13,18,22-24H,5-7,14-16,27H2,1-4H3;1H/t18-,22-,23+,24-;/m1./s1. The number of benzene rings is 2. The molecular weight excluding hydrogens is 424 g/mol. The molecule has 2 aliphatic heterocycles. The third-order valence-electron chi connectivity index (χ3n) is 7.20. The lowest BCUT2D eigenvalue weighted by Crippen LogP contribution is -2.51. The largest absolute Gasteiger partial charge is 0.497 e. The molecule has 4 rings (SSSR count). The fraction of sp³-hybridized carbons (Fsp3) is 0.538. The highest BCUT2D eigenvalue weighted by atomic mass is 35.5. The zero-order chi connectivity index (χ0) is 22.0. The van der Waals surface area contributed by atoms with Gasteiger partial charge in [0.1, 0.15) is 5.75 Å². The molecule has 176 valence electrons. The van der Waals surface area contributed by atoms with Crippen molar-refractivity contribution in [1.82, 2.24) is 4.90 Å². The summed E-state index contributed by atoms with van der Waals surface area (Å²) >= 11 is 0. The average molecular weight is 461 g/mol.